The fourth-order valence-corrected chi connectivity index (χ4v) is 4.70. The van der Waals surface area contributed by atoms with E-state index in [2.05, 4.69) is 22.3 Å². The van der Waals surface area contributed by atoms with Crippen molar-refractivity contribution in [2.24, 2.45) is 11.3 Å². The Morgan fingerprint density at radius 2 is 1.75 bits per heavy atom. The number of carbonyl (C=O) groups is 1. The SMILES string of the molecule is O=C(Cc1ccccc1)N1CCC2(CC1)CC2CNCCc1ccc(Cl)cc1. The van der Waals surface area contributed by atoms with E-state index in [-0.39, 0.29) is 5.91 Å². The van der Waals surface area contributed by atoms with Crippen LogP contribution < -0.4 is 5.32 Å². The second-order valence-corrected chi connectivity index (χ2v) is 8.82. The van der Waals surface area contributed by atoms with Crippen LogP contribution in [0.2, 0.25) is 5.02 Å². The predicted octanol–water partition coefficient (Wildman–Crippen LogP) is 4.34. The third-order valence-corrected chi connectivity index (χ3v) is 6.82. The number of amides is 1. The van der Waals surface area contributed by atoms with E-state index in [0.29, 0.717) is 11.8 Å². The fourth-order valence-electron chi connectivity index (χ4n) is 4.58. The lowest BCUT2D eigenvalue weighted by Crippen LogP contribution is -2.40. The van der Waals surface area contributed by atoms with Crippen LogP contribution in [0.25, 0.3) is 0 Å². The van der Waals surface area contributed by atoms with Crippen LogP contribution in [0.1, 0.15) is 30.4 Å². The summed E-state index contributed by atoms with van der Waals surface area (Å²) in [6.07, 6.45) is 5.22. The molecule has 1 saturated heterocycles. The van der Waals surface area contributed by atoms with Gasteiger partial charge in [0, 0.05) is 18.1 Å². The predicted molar refractivity (Wildman–Crippen MR) is 115 cm³/mol. The minimum atomic E-state index is 0.277. The lowest BCUT2D eigenvalue weighted by molar-refractivity contribution is -0.132. The molecule has 2 aromatic rings. The topological polar surface area (TPSA) is 32.3 Å². The molecule has 0 aromatic heterocycles. The molecule has 2 aromatic carbocycles. The Kier molecular flexibility index (Phi) is 6.03. The van der Waals surface area contributed by atoms with Gasteiger partial charge in [0.25, 0.3) is 0 Å². The normalized spacial score (nSPS) is 20.3. The van der Waals surface area contributed by atoms with Crippen molar-refractivity contribution in [2.75, 3.05) is 26.2 Å². The van der Waals surface area contributed by atoms with E-state index in [4.69, 9.17) is 11.6 Å². The van der Waals surface area contributed by atoms with Crippen molar-refractivity contribution >= 4 is 17.5 Å². The summed E-state index contributed by atoms with van der Waals surface area (Å²) in [6.45, 7) is 3.96. The number of hydrogen-bond donors (Lipinski definition) is 1. The van der Waals surface area contributed by atoms with E-state index in [1.54, 1.807) is 0 Å². The Bertz CT molecular complexity index is 782. The minimum Gasteiger partial charge on any atom is -0.342 e. The largest absolute Gasteiger partial charge is 0.342 e. The summed E-state index contributed by atoms with van der Waals surface area (Å²) in [6, 6.07) is 18.2. The van der Waals surface area contributed by atoms with Gasteiger partial charge < -0.3 is 10.2 Å². The van der Waals surface area contributed by atoms with Crippen molar-refractivity contribution in [1.82, 2.24) is 10.2 Å². The van der Waals surface area contributed by atoms with E-state index >= 15 is 0 Å². The van der Waals surface area contributed by atoms with Gasteiger partial charge in [-0.1, -0.05) is 54.1 Å². The maximum Gasteiger partial charge on any atom is 0.226 e. The summed E-state index contributed by atoms with van der Waals surface area (Å²) >= 11 is 5.94. The lowest BCUT2D eigenvalue weighted by atomic mass is 9.90. The Hall–Kier alpha value is -1.84. The van der Waals surface area contributed by atoms with E-state index < -0.39 is 0 Å². The molecule has 148 valence electrons. The first-order chi connectivity index (χ1) is 13.6. The molecule has 1 saturated carbocycles. The molecule has 1 spiro atoms. The maximum absolute atomic E-state index is 12.6. The third kappa shape index (κ3) is 4.76. The van der Waals surface area contributed by atoms with Crippen molar-refractivity contribution in [3.8, 4) is 0 Å². The van der Waals surface area contributed by atoms with Crippen molar-refractivity contribution in [3.63, 3.8) is 0 Å². The maximum atomic E-state index is 12.6. The van der Waals surface area contributed by atoms with Crippen LogP contribution in [-0.4, -0.2) is 37.0 Å². The molecule has 1 aliphatic heterocycles. The minimum absolute atomic E-state index is 0.277. The van der Waals surface area contributed by atoms with Gasteiger partial charge in [-0.3, -0.25) is 4.79 Å². The van der Waals surface area contributed by atoms with E-state index in [0.717, 1.165) is 61.9 Å². The summed E-state index contributed by atoms with van der Waals surface area (Å²) in [5.41, 5.74) is 2.94. The van der Waals surface area contributed by atoms with E-state index in [1.165, 1.54) is 12.0 Å². The van der Waals surface area contributed by atoms with Crippen molar-refractivity contribution in [1.29, 1.82) is 0 Å². The van der Waals surface area contributed by atoms with E-state index in [9.17, 15) is 4.79 Å². The summed E-state index contributed by atoms with van der Waals surface area (Å²) in [5.74, 6) is 1.06. The quantitative estimate of drug-likeness (QED) is 0.706. The van der Waals surface area contributed by atoms with Gasteiger partial charge in [0.15, 0.2) is 0 Å². The molecule has 2 fully saturated rings. The van der Waals surface area contributed by atoms with Crippen LogP contribution in [0.5, 0.6) is 0 Å². The molecule has 1 aliphatic carbocycles. The van der Waals surface area contributed by atoms with Crippen LogP contribution in [0.15, 0.2) is 54.6 Å². The number of carbonyl (C=O) groups excluding carboxylic acids is 1. The van der Waals surface area contributed by atoms with Gasteiger partial charge in [0.05, 0.1) is 6.42 Å². The zero-order valence-electron chi connectivity index (χ0n) is 16.4. The number of piperidine rings is 1. The van der Waals surface area contributed by atoms with Crippen LogP contribution in [0.3, 0.4) is 0 Å². The Morgan fingerprint density at radius 1 is 1.04 bits per heavy atom. The van der Waals surface area contributed by atoms with E-state index in [1.807, 2.05) is 42.5 Å². The Labute approximate surface area is 173 Å². The highest BCUT2D eigenvalue weighted by Gasteiger charge is 2.54. The molecule has 4 rings (SSSR count). The first-order valence-corrected chi connectivity index (χ1v) is 10.8. The van der Waals surface area contributed by atoms with Gasteiger partial charge in [-0.25, -0.2) is 0 Å². The summed E-state index contributed by atoms with van der Waals surface area (Å²) < 4.78 is 0. The van der Waals surface area contributed by atoms with Gasteiger partial charge in [0.2, 0.25) is 5.91 Å². The fraction of sp³-hybridized carbons (Fsp3) is 0.458. The monoisotopic (exact) mass is 396 g/mol. The first kappa shape index (κ1) is 19.5. The number of halogens is 1. The van der Waals surface area contributed by atoms with Crippen LogP contribution in [0, 0.1) is 11.3 Å². The number of benzene rings is 2. The van der Waals surface area contributed by atoms with Crippen molar-refractivity contribution in [2.45, 2.75) is 32.1 Å². The molecule has 4 heteroatoms. The number of hydrogen-bond acceptors (Lipinski definition) is 2. The van der Waals surface area contributed by atoms with Crippen molar-refractivity contribution in [3.05, 3.63) is 70.7 Å². The molecule has 0 bridgehead atoms. The molecule has 3 nitrogen and oxygen atoms in total. The highest BCUT2D eigenvalue weighted by molar-refractivity contribution is 6.30. The van der Waals surface area contributed by atoms with Crippen molar-refractivity contribution < 1.29 is 4.79 Å². The third-order valence-electron chi connectivity index (χ3n) is 6.56. The standard InChI is InChI=1S/C24H29ClN2O/c25-22-8-6-19(7-9-22)10-13-26-18-21-17-24(21)11-14-27(15-12-24)23(28)16-20-4-2-1-3-5-20/h1-9,21,26H,10-18H2. The number of rotatable bonds is 7. The van der Waals surface area contributed by atoms with Gasteiger partial charge in [-0.15, -0.1) is 0 Å². The van der Waals surface area contributed by atoms with Gasteiger partial charge >= 0.3 is 0 Å². The second kappa shape index (κ2) is 8.67. The number of nitrogens with one attached hydrogen (secondary N) is 1. The first-order valence-electron chi connectivity index (χ1n) is 10.4. The Morgan fingerprint density at radius 3 is 2.46 bits per heavy atom. The second-order valence-electron chi connectivity index (χ2n) is 8.39. The summed E-state index contributed by atoms with van der Waals surface area (Å²) in [4.78, 5) is 14.6. The lowest BCUT2D eigenvalue weighted by Gasteiger charge is -2.33. The average molecular weight is 397 g/mol. The molecule has 1 N–H and O–H groups in total. The molecule has 1 atom stereocenters. The van der Waals surface area contributed by atoms with Crippen LogP contribution >= 0.6 is 11.6 Å². The Balaban J connectivity index is 1.15. The number of likely N-dealkylation sites (tertiary alicyclic amines) is 1. The zero-order chi connectivity index (χ0) is 19.4. The molecule has 0 radical (unpaired) electrons. The summed E-state index contributed by atoms with van der Waals surface area (Å²) in [5, 5.41) is 4.43. The van der Waals surface area contributed by atoms with Gasteiger partial charge in [-0.05, 0) is 73.4 Å². The molecule has 1 heterocycles. The van der Waals surface area contributed by atoms with Gasteiger partial charge in [0.1, 0.15) is 0 Å². The smallest absolute Gasteiger partial charge is 0.226 e. The molecule has 1 amide bonds. The highest BCUT2D eigenvalue weighted by Crippen LogP contribution is 2.59. The highest BCUT2D eigenvalue weighted by atomic mass is 35.5. The van der Waals surface area contributed by atoms with Gasteiger partial charge in [-0.2, -0.15) is 0 Å². The molecule has 2 aliphatic rings. The molecule has 1 unspecified atom stereocenters. The van der Waals surface area contributed by atoms with Crippen LogP contribution in [0.4, 0.5) is 0 Å². The average Bonchev–Trinajstić information content (AvgIpc) is 3.39. The molecular formula is C24H29ClN2O. The summed E-state index contributed by atoms with van der Waals surface area (Å²) in [7, 11) is 0. The number of nitrogens with zero attached hydrogens (tertiary/aromatic N) is 1. The van der Waals surface area contributed by atoms with Crippen LogP contribution in [-0.2, 0) is 17.6 Å². The molecular weight excluding hydrogens is 368 g/mol. The zero-order valence-corrected chi connectivity index (χ0v) is 17.1. The molecule has 28 heavy (non-hydrogen) atoms.